The molecular weight excluding hydrogens is 286 g/mol. The number of carbonyl (C=O) groups is 1. The number of nitrogen functional groups attached to an aromatic ring is 1. The van der Waals surface area contributed by atoms with Crippen LogP contribution in [0.25, 0.3) is 0 Å². The van der Waals surface area contributed by atoms with Gasteiger partial charge in [0.25, 0.3) is 11.5 Å². The van der Waals surface area contributed by atoms with E-state index in [1.54, 1.807) is 26.8 Å². The van der Waals surface area contributed by atoms with Gasteiger partial charge in [-0.05, 0) is 32.4 Å². The summed E-state index contributed by atoms with van der Waals surface area (Å²) in [6.07, 6.45) is 1.25. The predicted octanol–water partition coefficient (Wildman–Crippen LogP) is 0.350. The molecule has 0 unspecified atom stereocenters. The molecule has 3 heterocycles. The molecule has 22 heavy (non-hydrogen) atoms. The normalized spacial score (nSPS) is 15.3. The number of nitrogens with zero attached hydrogens (tertiary/aromatic N) is 4. The van der Waals surface area contributed by atoms with E-state index < -0.39 is 5.66 Å². The van der Waals surface area contributed by atoms with Crippen LogP contribution in [0.5, 0.6) is 0 Å². The molecule has 3 rings (SSSR count). The Morgan fingerprint density at radius 1 is 1.36 bits per heavy atom. The minimum atomic E-state index is -0.802. The number of aromatic nitrogens is 4. The van der Waals surface area contributed by atoms with Crippen molar-refractivity contribution in [1.29, 1.82) is 0 Å². The molecule has 0 aromatic carbocycles. The van der Waals surface area contributed by atoms with Gasteiger partial charge in [-0.3, -0.25) is 14.2 Å². The van der Waals surface area contributed by atoms with Crippen molar-refractivity contribution in [3.8, 4) is 0 Å². The number of pyridine rings is 1. The lowest BCUT2D eigenvalue weighted by molar-refractivity contribution is 0.0934. The van der Waals surface area contributed by atoms with Crippen LogP contribution in [0.1, 0.15) is 31.3 Å². The maximum absolute atomic E-state index is 12.7. The largest absolute Gasteiger partial charge is 0.368 e. The first-order valence-electron chi connectivity index (χ1n) is 6.61. The molecule has 1 amide bonds. The molecule has 9 nitrogen and oxygen atoms in total. The van der Waals surface area contributed by atoms with Gasteiger partial charge in [0.05, 0.1) is 0 Å². The number of amides is 1. The van der Waals surface area contributed by atoms with Crippen LogP contribution in [-0.2, 0) is 5.66 Å². The fourth-order valence-electron chi connectivity index (χ4n) is 2.53. The highest BCUT2D eigenvalue weighted by Gasteiger charge is 2.37. The first-order chi connectivity index (χ1) is 10.3. The number of rotatable bonds is 2. The van der Waals surface area contributed by atoms with Gasteiger partial charge < -0.3 is 16.4 Å². The van der Waals surface area contributed by atoms with Gasteiger partial charge >= 0.3 is 0 Å². The van der Waals surface area contributed by atoms with Gasteiger partial charge in [0.1, 0.15) is 23.4 Å². The maximum atomic E-state index is 12.7. The molecule has 0 radical (unpaired) electrons. The Morgan fingerprint density at radius 2 is 2.09 bits per heavy atom. The van der Waals surface area contributed by atoms with E-state index in [4.69, 9.17) is 5.73 Å². The van der Waals surface area contributed by atoms with E-state index in [1.165, 1.54) is 10.9 Å². The highest BCUT2D eigenvalue weighted by atomic mass is 16.2. The second-order valence-electron chi connectivity index (χ2n) is 5.54. The molecule has 1 aliphatic heterocycles. The summed E-state index contributed by atoms with van der Waals surface area (Å²) in [6, 6.07) is 1.59. The maximum Gasteiger partial charge on any atom is 0.276 e. The molecule has 0 bridgehead atoms. The number of carbonyl (C=O) groups excluding carboxylic acids is 1. The zero-order chi connectivity index (χ0) is 16.1. The van der Waals surface area contributed by atoms with Gasteiger partial charge in [-0.15, -0.1) is 0 Å². The summed E-state index contributed by atoms with van der Waals surface area (Å²) in [5.41, 5.74) is 5.64. The van der Waals surface area contributed by atoms with Gasteiger partial charge in [0.15, 0.2) is 0 Å². The zero-order valence-electron chi connectivity index (χ0n) is 12.3. The zero-order valence-corrected chi connectivity index (χ0v) is 12.3. The fourth-order valence-corrected chi connectivity index (χ4v) is 2.53. The third kappa shape index (κ3) is 2.07. The van der Waals surface area contributed by atoms with Crippen LogP contribution in [0.4, 0.5) is 17.6 Å². The van der Waals surface area contributed by atoms with Crippen molar-refractivity contribution in [3.63, 3.8) is 0 Å². The number of hydrogen-bond donors (Lipinski definition) is 3. The molecular formula is C13H17N7O2. The number of nitrogens with one attached hydrogen (secondary N) is 2. The fraction of sp³-hybridized carbons (Fsp3) is 0.308. The summed E-state index contributed by atoms with van der Waals surface area (Å²) < 4.78 is 1.43. The van der Waals surface area contributed by atoms with E-state index in [1.807, 2.05) is 0 Å². The molecule has 0 spiro atoms. The van der Waals surface area contributed by atoms with E-state index in [2.05, 4.69) is 25.6 Å². The van der Waals surface area contributed by atoms with Crippen LogP contribution >= 0.6 is 0 Å². The SMILES string of the molecule is Cc1cc(Nc2ncnc(N)n2)c(=O)n2c1C(=O)NC2(C)C.[HH]. The lowest BCUT2D eigenvalue weighted by Crippen LogP contribution is -2.42. The average Bonchev–Trinajstić information content (AvgIpc) is 2.65. The van der Waals surface area contributed by atoms with Crippen molar-refractivity contribution >= 4 is 23.5 Å². The van der Waals surface area contributed by atoms with E-state index in [-0.39, 0.29) is 30.5 Å². The predicted molar refractivity (Wildman–Crippen MR) is 81.9 cm³/mol. The standard InChI is InChI=1S/C13H15N7O2.H2/c1-6-4-7(17-12-16-5-15-11(14)18-12)10(22)20-8(6)9(21)19-13(20,2)3;/h4-5H,1-3H3,(H,19,21)(H3,14,15,16,17,18);1H. The molecule has 1 aliphatic rings. The molecule has 0 aliphatic carbocycles. The molecule has 0 saturated heterocycles. The highest BCUT2D eigenvalue weighted by molar-refractivity contribution is 5.96. The van der Waals surface area contributed by atoms with Crippen LogP contribution in [0.15, 0.2) is 17.2 Å². The molecule has 116 valence electrons. The van der Waals surface area contributed by atoms with Gasteiger partial charge in [-0.1, -0.05) is 0 Å². The van der Waals surface area contributed by atoms with Crippen molar-refractivity contribution in [3.05, 3.63) is 34.0 Å². The minimum Gasteiger partial charge on any atom is -0.368 e. The third-order valence-electron chi connectivity index (χ3n) is 3.42. The van der Waals surface area contributed by atoms with Crippen molar-refractivity contribution in [2.75, 3.05) is 11.1 Å². The molecule has 2 aromatic heterocycles. The first kappa shape index (κ1) is 14.0. The van der Waals surface area contributed by atoms with Crippen molar-refractivity contribution < 1.29 is 6.22 Å². The Labute approximate surface area is 127 Å². The third-order valence-corrected chi connectivity index (χ3v) is 3.42. The Kier molecular flexibility index (Phi) is 2.87. The van der Waals surface area contributed by atoms with Crippen molar-refractivity contribution in [1.82, 2.24) is 24.8 Å². The van der Waals surface area contributed by atoms with Crippen LogP contribution in [0.3, 0.4) is 0 Å². The second-order valence-corrected chi connectivity index (χ2v) is 5.54. The van der Waals surface area contributed by atoms with Crippen LogP contribution in [0, 0.1) is 6.92 Å². The van der Waals surface area contributed by atoms with Gasteiger partial charge in [-0.2, -0.15) is 4.98 Å². The Bertz CT molecular complexity index is 847. The Hall–Kier alpha value is -2.97. The van der Waals surface area contributed by atoms with Crippen LogP contribution < -0.4 is 21.9 Å². The van der Waals surface area contributed by atoms with E-state index in [0.717, 1.165) is 0 Å². The van der Waals surface area contributed by atoms with Crippen molar-refractivity contribution in [2.24, 2.45) is 0 Å². The summed E-state index contributed by atoms with van der Waals surface area (Å²) in [5.74, 6) is -0.0529. The second kappa shape index (κ2) is 4.52. The van der Waals surface area contributed by atoms with E-state index in [0.29, 0.717) is 11.3 Å². The molecule has 2 aromatic rings. The number of hydrogen-bond acceptors (Lipinski definition) is 7. The van der Waals surface area contributed by atoms with Gasteiger partial charge in [0, 0.05) is 1.43 Å². The number of fused-ring (bicyclic) bond motifs is 1. The average molecular weight is 303 g/mol. The molecule has 9 heteroatoms. The number of aryl methyl sites for hydroxylation is 1. The lowest BCUT2D eigenvalue weighted by atomic mass is 10.1. The van der Waals surface area contributed by atoms with Gasteiger partial charge in [0.2, 0.25) is 11.9 Å². The minimum absolute atomic E-state index is 0. The first-order valence-corrected chi connectivity index (χ1v) is 6.61. The lowest BCUT2D eigenvalue weighted by Gasteiger charge is -2.22. The Morgan fingerprint density at radius 3 is 2.77 bits per heavy atom. The molecule has 4 N–H and O–H groups in total. The quantitative estimate of drug-likeness (QED) is 0.730. The highest BCUT2D eigenvalue weighted by Crippen LogP contribution is 2.24. The van der Waals surface area contributed by atoms with E-state index >= 15 is 0 Å². The van der Waals surface area contributed by atoms with Crippen LogP contribution in [-0.4, -0.2) is 25.4 Å². The number of nitrogens with two attached hydrogens (primary N) is 1. The van der Waals surface area contributed by atoms with E-state index in [9.17, 15) is 9.59 Å². The molecule has 0 saturated carbocycles. The summed E-state index contributed by atoms with van der Waals surface area (Å²) in [6.45, 7) is 5.28. The summed E-state index contributed by atoms with van der Waals surface area (Å²) in [4.78, 5) is 36.2. The van der Waals surface area contributed by atoms with Crippen molar-refractivity contribution in [2.45, 2.75) is 26.4 Å². The monoisotopic (exact) mass is 303 g/mol. The summed E-state index contributed by atoms with van der Waals surface area (Å²) >= 11 is 0. The Balaban J connectivity index is 0.00000192. The summed E-state index contributed by atoms with van der Waals surface area (Å²) in [5, 5.41) is 5.60. The summed E-state index contributed by atoms with van der Waals surface area (Å²) in [7, 11) is 0. The smallest absolute Gasteiger partial charge is 0.276 e. The van der Waals surface area contributed by atoms with Gasteiger partial charge in [-0.25, -0.2) is 9.97 Å². The molecule has 0 fully saturated rings. The number of anilines is 3. The molecule has 0 atom stereocenters. The topological polar surface area (TPSA) is 128 Å². The van der Waals surface area contributed by atoms with Crippen LogP contribution in [0.2, 0.25) is 0 Å².